The van der Waals surface area contributed by atoms with Gasteiger partial charge in [-0.1, -0.05) is 0 Å². The minimum Gasteiger partial charge on any atom is -0.463 e. The molecule has 0 saturated heterocycles. The van der Waals surface area contributed by atoms with Crippen LogP contribution in [0, 0.1) is 6.92 Å². The molecular formula is C16H17NO3. The number of aromatic nitrogens is 1. The summed E-state index contributed by atoms with van der Waals surface area (Å²) in [5, 5.41) is 0. The van der Waals surface area contributed by atoms with Crippen LogP contribution in [0.15, 0.2) is 28.9 Å². The van der Waals surface area contributed by atoms with E-state index in [0.717, 1.165) is 35.6 Å². The Labute approximate surface area is 117 Å². The van der Waals surface area contributed by atoms with Gasteiger partial charge in [-0.25, -0.2) is 9.78 Å². The van der Waals surface area contributed by atoms with Gasteiger partial charge in [-0.3, -0.25) is 0 Å². The van der Waals surface area contributed by atoms with Crippen LogP contribution in [-0.2, 0) is 4.74 Å². The van der Waals surface area contributed by atoms with Crippen molar-refractivity contribution in [2.24, 2.45) is 0 Å². The fourth-order valence-electron chi connectivity index (χ4n) is 2.33. The largest absolute Gasteiger partial charge is 0.463 e. The van der Waals surface area contributed by atoms with Crippen molar-refractivity contribution in [2.45, 2.75) is 32.6 Å². The van der Waals surface area contributed by atoms with E-state index in [1.165, 1.54) is 0 Å². The lowest BCUT2D eigenvalue weighted by atomic mass is 10.0. The van der Waals surface area contributed by atoms with Gasteiger partial charge >= 0.3 is 5.97 Å². The number of esters is 1. The number of carbonyl (C=O) groups excluding carboxylic acids is 1. The van der Waals surface area contributed by atoms with Crippen LogP contribution in [0.25, 0.3) is 11.5 Å². The molecule has 0 spiro atoms. The number of carbonyl (C=O) groups is 1. The van der Waals surface area contributed by atoms with Crippen LogP contribution >= 0.6 is 0 Å². The van der Waals surface area contributed by atoms with E-state index < -0.39 is 0 Å². The number of ether oxygens (including phenoxy) is 1. The number of hydrogen-bond donors (Lipinski definition) is 0. The Morgan fingerprint density at radius 2 is 2.30 bits per heavy atom. The first-order chi connectivity index (χ1) is 9.70. The van der Waals surface area contributed by atoms with Crippen molar-refractivity contribution < 1.29 is 13.9 Å². The molecule has 0 radical (unpaired) electrons. The van der Waals surface area contributed by atoms with Crippen molar-refractivity contribution in [3.63, 3.8) is 0 Å². The van der Waals surface area contributed by atoms with Crippen molar-refractivity contribution in [1.82, 2.24) is 4.98 Å². The average Bonchev–Trinajstić information content (AvgIpc) is 3.13. The number of pyridine rings is 1. The average molecular weight is 271 g/mol. The molecule has 0 unspecified atom stereocenters. The number of rotatable bonds is 4. The van der Waals surface area contributed by atoms with E-state index >= 15 is 0 Å². The van der Waals surface area contributed by atoms with Gasteiger partial charge in [0.1, 0.15) is 5.69 Å². The summed E-state index contributed by atoms with van der Waals surface area (Å²) >= 11 is 0. The van der Waals surface area contributed by atoms with Crippen LogP contribution in [0.5, 0.6) is 0 Å². The summed E-state index contributed by atoms with van der Waals surface area (Å²) in [6.07, 6.45) is 3.80. The molecule has 2 aromatic rings. The molecular weight excluding hydrogens is 254 g/mol. The molecule has 0 atom stereocenters. The number of nitrogens with zero attached hydrogens (tertiary/aromatic N) is 1. The Hall–Kier alpha value is -2.10. The topological polar surface area (TPSA) is 52.3 Å². The summed E-state index contributed by atoms with van der Waals surface area (Å²) in [6, 6.07) is 5.60. The van der Waals surface area contributed by atoms with E-state index in [0.29, 0.717) is 18.1 Å². The summed E-state index contributed by atoms with van der Waals surface area (Å²) in [6.45, 7) is 4.12. The first kappa shape index (κ1) is 12.9. The van der Waals surface area contributed by atoms with E-state index in [1.807, 2.05) is 32.0 Å². The molecule has 4 heteroatoms. The van der Waals surface area contributed by atoms with Crippen molar-refractivity contribution >= 4 is 5.97 Å². The Kier molecular flexibility index (Phi) is 3.30. The second-order valence-electron chi connectivity index (χ2n) is 5.06. The fraction of sp³-hybridized carbons (Fsp3) is 0.375. The summed E-state index contributed by atoms with van der Waals surface area (Å²) in [5.41, 5.74) is 3.18. The molecule has 104 valence electrons. The highest BCUT2D eigenvalue weighted by Crippen LogP contribution is 2.42. The molecule has 4 nitrogen and oxygen atoms in total. The summed E-state index contributed by atoms with van der Waals surface area (Å²) in [5.74, 6) is 0.833. The zero-order chi connectivity index (χ0) is 14.1. The first-order valence-electron chi connectivity index (χ1n) is 6.93. The molecule has 0 aliphatic heterocycles. The quantitative estimate of drug-likeness (QED) is 0.795. The summed E-state index contributed by atoms with van der Waals surface area (Å²) < 4.78 is 10.6. The predicted octanol–water partition coefficient (Wildman–Crippen LogP) is 3.70. The van der Waals surface area contributed by atoms with Crippen LogP contribution in [-0.4, -0.2) is 17.6 Å². The van der Waals surface area contributed by atoms with E-state index in [1.54, 1.807) is 6.26 Å². The molecule has 1 saturated carbocycles. The maximum Gasteiger partial charge on any atom is 0.339 e. The van der Waals surface area contributed by atoms with Gasteiger partial charge < -0.3 is 9.15 Å². The zero-order valence-corrected chi connectivity index (χ0v) is 11.7. The molecule has 0 aromatic carbocycles. The van der Waals surface area contributed by atoms with Crippen molar-refractivity contribution in [3.8, 4) is 11.5 Å². The van der Waals surface area contributed by atoms with Crippen LogP contribution in [0.3, 0.4) is 0 Å². The van der Waals surface area contributed by atoms with Crippen LogP contribution < -0.4 is 0 Å². The molecule has 0 amide bonds. The smallest absolute Gasteiger partial charge is 0.339 e. The lowest BCUT2D eigenvalue weighted by molar-refractivity contribution is 0.0524. The standard InChI is InChI=1S/C16H17NO3/c1-3-19-16(18)12-9-10(2)14(13-5-4-8-20-13)17-15(12)11-6-7-11/h4-5,8-9,11H,3,6-7H2,1-2H3. The Balaban J connectivity index is 2.08. The third kappa shape index (κ3) is 2.33. The Morgan fingerprint density at radius 3 is 2.90 bits per heavy atom. The maximum atomic E-state index is 12.1. The molecule has 3 rings (SSSR count). The Morgan fingerprint density at radius 1 is 1.50 bits per heavy atom. The third-order valence-electron chi connectivity index (χ3n) is 3.46. The van der Waals surface area contributed by atoms with Crippen LogP contribution in [0.1, 0.15) is 47.3 Å². The van der Waals surface area contributed by atoms with E-state index in [-0.39, 0.29) is 5.97 Å². The van der Waals surface area contributed by atoms with Crippen molar-refractivity contribution in [2.75, 3.05) is 6.61 Å². The minimum atomic E-state index is -0.281. The highest BCUT2D eigenvalue weighted by Gasteiger charge is 2.31. The summed E-state index contributed by atoms with van der Waals surface area (Å²) in [7, 11) is 0. The summed E-state index contributed by atoms with van der Waals surface area (Å²) in [4.78, 5) is 16.7. The lowest BCUT2D eigenvalue weighted by Gasteiger charge is -2.11. The molecule has 20 heavy (non-hydrogen) atoms. The predicted molar refractivity (Wildman–Crippen MR) is 74.6 cm³/mol. The minimum absolute atomic E-state index is 0.281. The molecule has 0 bridgehead atoms. The van der Waals surface area contributed by atoms with Crippen molar-refractivity contribution in [3.05, 3.63) is 41.3 Å². The first-order valence-corrected chi connectivity index (χ1v) is 6.93. The van der Waals surface area contributed by atoms with Gasteiger partial charge in [-0.05, 0) is 50.5 Å². The SMILES string of the molecule is CCOC(=O)c1cc(C)c(-c2ccco2)nc1C1CC1. The molecule has 1 aliphatic rings. The molecule has 1 fully saturated rings. The lowest BCUT2D eigenvalue weighted by Crippen LogP contribution is -2.10. The second-order valence-corrected chi connectivity index (χ2v) is 5.06. The number of aryl methyl sites for hydroxylation is 1. The number of hydrogen-bond acceptors (Lipinski definition) is 4. The van der Waals surface area contributed by atoms with Crippen LogP contribution in [0.4, 0.5) is 0 Å². The normalized spacial score (nSPS) is 14.3. The highest BCUT2D eigenvalue weighted by atomic mass is 16.5. The zero-order valence-electron chi connectivity index (χ0n) is 11.7. The third-order valence-corrected chi connectivity index (χ3v) is 3.46. The number of furan rings is 1. The van der Waals surface area contributed by atoms with Gasteiger partial charge in [0.25, 0.3) is 0 Å². The van der Waals surface area contributed by atoms with E-state index in [4.69, 9.17) is 9.15 Å². The van der Waals surface area contributed by atoms with Crippen molar-refractivity contribution in [1.29, 1.82) is 0 Å². The molecule has 0 N–H and O–H groups in total. The maximum absolute atomic E-state index is 12.1. The molecule has 2 aromatic heterocycles. The molecule has 1 aliphatic carbocycles. The van der Waals surface area contributed by atoms with E-state index in [9.17, 15) is 4.79 Å². The van der Waals surface area contributed by atoms with Gasteiger partial charge in [0.15, 0.2) is 5.76 Å². The monoisotopic (exact) mass is 271 g/mol. The van der Waals surface area contributed by atoms with Crippen LogP contribution in [0.2, 0.25) is 0 Å². The fourth-order valence-corrected chi connectivity index (χ4v) is 2.33. The molecule has 2 heterocycles. The van der Waals surface area contributed by atoms with Gasteiger partial charge in [-0.15, -0.1) is 0 Å². The second kappa shape index (κ2) is 5.12. The van der Waals surface area contributed by atoms with E-state index in [2.05, 4.69) is 4.98 Å². The van der Waals surface area contributed by atoms with Gasteiger partial charge in [0.05, 0.1) is 24.1 Å². The van der Waals surface area contributed by atoms with Gasteiger partial charge in [0.2, 0.25) is 0 Å². The van der Waals surface area contributed by atoms with Gasteiger partial charge in [0, 0.05) is 5.92 Å². The Bertz CT molecular complexity index is 627. The highest BCUT2D eigenvalue weighted by molar-refractivity contribution is 5.91. The van der Waals surface area contributed by atoms with Gasteiger partial charge in [-0.2, -0.15) is 0 Å².